The summed E-state index contributed by atoms with van der Waals surface area (Å²) in [7, 11) is -4.69. The number of rotatable bonds is 6. The highest BCUT2D eigenvalue weighted by Gasteiger charge is 2.57. The van der Waals surface area contributed by atoms with Crippen molar-refractivity contribution < 1.29 is 23.9 Å². The SMILES string of the molecule is CCOC(=O)C(CC)(C(C)c1ccccc1)P(=O)(O)O. The maximum absolute atomic E-state index is 12.2. The van der Waals surface area contributed by atoms with Crippen LogP contribution >= 0.6 is 7.60 Å². The molecule has 5 nitrogen and oxygen atoms in total. The van der Waals surface area contributed by atoms with Crippen LogP contribution in [0.2, 0.25) is 0 Å². The zero-order valence-corrected chi connectivity index (χ0v) is 12.8. The first kappa shape index (κ1) is 16.9. The lowest BCUT2D eigenvalue weighted by Gasteiger charge is -2.36. The van der Waals surface area contributed by atoms with E-state index < -0.39 is 24.6 Å². The highest BCUT2D eigenvalue weighted by atomic mass is 31.2. The fraction of sp³-hybridized carbons (Fsp3) is 0.500. The Labute approximate surface area is 119 Å². The van der Waals surface area contributed by atoms with Crippen LogP contribution in [0.3, 0.4) is 0 Å². The van der Waals surface area contributed by atoms with Gasteiger partial charge < -0.3 is 14.5 Å². The van der Waals surface area contributed by atoms with Gasteiger partial charge in [0.25, 0.3) is 0 Å². The van der Waals surface area contributed by atoms with Crippen molar-refractivity contribution in [2.75, 3.05) is 6.61 Å². The summed E-state index contributed by atoms with van der Waals surface area (Å²) in [5.41, 5.74) is 0.700. The highest BCUT2D eigenvalue weighted by Crippen LogP contribution is 2.59. The molecule has 0 spiro atoms. The van der Waals surface area contributed by atoms with Crippen molar-refractivity contribution in [2.24, 2.45) is 0 Å². The number of esters is 1. The first-order valence-corrected chi connectivity index (χ1v) is 8.20. The van der Waals surface area contributed by atoms with Crippen molar-refractivity contribution in [3.8, 4) is 0 Å². The van der Waals surface area contributed by atoms with Crippen LogP contribution in [0, 0.1) is 0 Å². The van der Waals surface area contributed by atoms with E-state index in [0.29, 0.717) is 5.56 Å². The van der Waals surface area contributed by atoms with E-state index in [-0.39, 0.29) is 13.0 Å². The number of carbonyl (C=O) groups is 1. The molecule has 0 fully saturated rings. The molecular formula is C14H21O5P. The van der Waals surface area contributed by atoms with E-state index in [1.165, 1.54) is 0 Å². The van der Waals surface area contributed by atoms with Gasteiger partial charge in [0.2, 0.25) is 0 Å². The molecule has 0 saturated carbocycles. The number of hydrogen-bond acceptors (Lipinski definition) is 3. The van der Waals surface area contributed by atoms with Gasteiger partial charge in [-0.15, -0.1) is 0 Å². The topological polar surface area (TPSA) is 83.8 Å². The Morgan fingerprint density at radius 2 is 1.85 bits per heavy atom. The lowest BCUT2D eigenvalue weighted by atomic mass is 9.84. The van der Waals surface area contributed by atoms with E-state index in [0.717, 1.165) is 0 Å². The summed E-state index contributed by atoms with van der Waals surface area (Å²) in [5, 5.41) is -1.84. The molecule has 0 aliphatic carbocycles. The molecule has 0 saturated heterocycles. The quantitative estimate of drug-likeness (QED) is 0.623. The Hall–Kier alpha value is -1.16. The molecular weight excluding hydrogens is 279 g/mol. The Balaban J connectivity index is 3.37. The molecule has 20 heavy (non-hydrogen) atoms. The summed E-state index contributed by atoms with van der Waals surface area (Å²) < 4.78 is 16.9. The van der Waals surface area contributed by atoms with Gasteiger partial charge in [-0.2, -0.15) is 0 Å². The van der Waals surface area contributed by atoms with Crippen LogP contribution in [0.25, 0.3) is 0 Å². The smallest absolute Gasteiger partial charge is 0.343 e. The van der Waals surface area contributed by atoms with Gasteiger partial charge in [-0.3, -0.25) is 9.36 Å². The van der Waals surface area contributed by atoms with Gasteiger partial charge in [-0.25, -0.2) is 0 Å². The van der Waals surface area contributed by atoms with E-state index in [9.17, 15) is 19.1 Å². The predicted molar refractivity (Wildman–Crippen MR) is 76.6 cm³/mol. The third kappa shape index (κ3) is 2.95. The monoisotopic (exact) mass is 300 g/mol. The lowest BCUT2D eigenvalue weighted by Crippen LogP contribution is -2.44. The molecule has 2 unspecified atom stereocenters. The van der Waals surface area contributed by atoms with Crippen molar-refractivity contribution in [2.45, 2.75) is 38.3 Å². The predicted octanol–water partition coefficient (Wildman–Crippen LogP) is 2.68. The molecule has 0 aliphatic heterocycles. The minimum Gasteiger partial charge on any atom is -0.465 e. The van der Waals surface area contributed by atoms with Gasteiger partial charge in [-0.1, -0.05) is 44.2 Å². The summed E-state index contributed by atoms with van der Waals surface area (Å²) >= 11 is 0. The van der Waals surface area contributed by atoms with Crippen LogP contribution in [0.5, 0.6) is 0 Å². The molecule has 0 radical (unpaired) electrons. The number of carbonyl (C=O) groups excluding carboxylic acids is 1. The van der Waals surface area contributed by atoms with Crippen molar-refractivity contribution in [1.29, 1.82) is 0 Å². The Kier molecular flexibility index (Phi) is 5.51. The van der Waals surface area contributed by atoms with Crippen molar-refractivity contribution in [3.05, 3.63) is 35.9 Å². The third-order valence-corrected chi connectivity index (χ3v) is 5.63. The Morgan fingerprint density at radius 3 is 2.25 bits per heavy atom. The van der Waals surface area contributed by atoms with Gasteiger partial charge >= 0.3 is 13.6 Å². The first-order valence-electron chi connectivity index (χ1n) is 6.59. The van der Waals surface area contributed by atoms with Crippen molar-refractivity contribution >= 4 is 13.6 Å². The summed E-state index contributed by atoms with van der Waals surface area (Å²) in [4.78, 5) is 31.8. The molecule has 2 N–H and O–H groups in total. The van der Waals surface area contributed by atoms with Crippen LogP contribution < -0.4 is 0 Å². The van der Waals surface area contributed by atoms with Crippen molar-refractivity contribution in [3.63, 3.8) is 0 Å². The van der Waals surface area contributed by atoms with Crippen LogP contribution in [0.4, 0.5) is 0 Å². The normalized spacial score (nSPS) is 16.2. The minimum absolute atomic E-state index is 0.00612. The van der Waals surface area contributed by atoms with Crippen LogP contribution in [0.15, 0.2) is 30.3 Å². The molecule has 0 aliphatic rings. The maximum Gasteiger partial charge on any atom is 0.343 e. The highest BCUT2D eigenvalue weighted by molar-refractivity contribution is 7.54. The number of hydrogen-bond donors (Lipinski definition) is 2. The molecule has 0 amide bonds. The zero-order chi connectivity index (χ0) is 15.4. The van der Waals surface area contributed by atoms with Crippen LogP contribution in [-0.2, 0) is 14.1 Å². The summed E-state index contributed by atoms with van der Waals surface area (Å²) in [5.74, 6) is -1.49. The van der Waals surface area contributed by atoms with E-state index in [1.54, 1.807) is 45.0 Å². The van der Waals surface area contributed by atoms with Crippen LogP contribution in [-0.4, -0.2) is 27.5 Å². The minimum atomic E-state index is -4.69. The summed E-state index contributed by atoms with van der Waals surface area (Å²) in [6, 6.07) is 8.87. The van der Waals surface area contributed by atoms with Gasteiger partial charge in [-0.05, 0) is 18.9 Å². The molecule has 0 heterocycles. The fourth-order valence-corrected chi connectivity index (χ4v) is 3.85. The molecule has 1 aromatic carbocycles. The molecule has 2 atom stereocenters. The van der Waals surface area contributed by atoms with E-state index in [1.807, 2.05) is 6.07 Å². The maximum atomic E-state index is 12.2. The van der Waals surface area contributed by atoms with Gasteiger partial charge in [0.1, 0.15) is 0 Å². The van der Waals surface area contributed by atoms with Gasteiger partial charge in [0, 0.05) is 5.92 Å². The molecule has 0 bridgehead atoms. The molecule has 1 rings (SSSR count). The molecule has 6 heteroatoms. The fourth-order valence-electron chi connectivity index (χ4n) is 2.48. The van der Waals surface area contributed by atoms with Gasteiger partial charge in [0.15, 0.2) is 5.16 Å². The van der Waals surface area contributed by atoms with E-state index >= 15 is 0 Å². The summed E-state index contributed by atoms with van der Waals surface area (Å²) in [6.07, 6.45) is 0.00612. The molecule has 112 valence electrons. The number of benzene rings is 1. The average Bonchev–Trinajstić information content (AvgIpc) is 2.39. The second-order valence-corrected chi connectivity index (χ2v) is 6.56. The van der Waals surface area contributed by atoms with E-state index in [4.69, 9.17) is 4.74 Å². The largest absolute Gasteiger partial charge is 0.465 e. The lowest BCUT2D eigenvalue weighted by molar-refractivity contribution is -0.147. The first-order chi connectivity index (χ1) is 9.31. The standard InChI is InChI=1S/C14H21O5P/c1-4-14(20(16,17)18,13(15)19-5-2)11(3)12-9-7-6-8-10-12/h6-11H,4-5H2,1-3H3,(H2,16,17,18). The van der Waals surface area contributed by atoms with Crippen molar-refractivity contribution in [1.82, 2.24) is 0 Å². The Morgan fingerprint density at radius 1 is 1.30 bits per heavy atom. The zero-order valence-electron chi connectivity index (χ0n) is 11.9. The second kappa shape index (κ2) is 6.53. The summed E-state index contributed by atoms with van der Waals surface area (Å²) in [6.45, 7) is 4.94. The third-order valence-electron chi connectivity index (χ3n) is 3.70. The van der Waals surface area contributed by atoms with Crippen LogP contribution in [0.1, 0.15) is 38.7 Å². The van der Waals surface area contributed by atoms with E-state index in [2.05, 4.69) is 0 Å². The number of ether oxygens (including phenoxy) is 1. The molecule has 0 aromatic heterocycles. The Bertz CT molecular complexity index is 496. The second-order valence-electron chi connectivity index (χ2n) is 4.67. The van der Waals surface area contributed by atoms with Gasteiger partial charge in [0.05, 0.1) is 6.61 Å². The molecule has 1 aromatic rings. The average molecular weight is 300 g/mol.